The van der Waals surface area contributed by atoms with E-state index >= 15 is 0 Å². The fraction of sp³-hybridized carbons (Fsp3) is 0.100. The Labute approximate surface area is 90.6 Å². The molecule has 82 valence electrons. The highest BCUT2D eigenvalue weighted by Crippen LogP contribution is 2.09. The van der Waals surface area contributed by atoms with E-state index in [9.17, 15) is 9.59 Å². The van der Waals surface area contributed by atoms with Gasteiger partial charge in [-0.3, -0.25) is 9.59 Å². The molecule has 2 N–H and O–H groups in total. The van der Waals surface area contributed by atoms with Gasteiger partial charge in [-0.25, -0.2) is 0 Å². The monoisotopic (exact) mass is 219 g/mol. The van der Waals surface area contributed by atoms with E-state index in [0.717, 1.165) is 0 Å². The lowest BCUT2D eigenvalue weighted by Gasteiger charge is -1.96. The summed E-state index contributed by atoms with van der Waals surface area (Å²) in [5, 5.41) is 6.14. The highest BCUT2D eigenvalue weighted by Gasteiger charge is 2.10. The smallest absolute Gasteiger partial charge is 0.273 e. The van der Waals surface area contributed by atoms with Crippen LogP contribution < -0.4 is 5.32 Å². The Hall–Kier alpha value is -2.37. The van der Waals surface area contributed by atoms with Crippen molar-refractivity contribution in [3.05, 3.63) is 35.3 Å². The summed E-state index contributed by atoms with van der Waals surface area (Å²) in [6.07, 6.45) is 2.11. The van der Waals surface area contributed by atoms with Crippen molar-refractivity contribution in [1.82, 2.24) is 10.1 Å². The zero-order valence-corrected chi connectivity index (χ0v) is 8.48. The first-order valence-corrected chi connectivity index (χ1v) is 4.57. The second kappa shape index (κ2) is 4.01. The number of carbonyl (C=O) groups excluding carboxylic acids is 2. The average molecular weight is 219 g/mol. The summed E-state index contributed by atoms with van der Waals surface area (Å²) >= 11 is 0. The molecule has 0 atom stereocenters. The SMILES string of the molecule is Cc1cc(NC(=O)c2cc(C=O)c[nH]2)no1. The minimum atomic E-state index is -0.374. The molecule has 0 radical (unpaired) electrons. The number of hydrogen-bond acceptors (Lipinski definition) is 4. The molecule has 0 aliphatic heterocycles. The highest BCUT2D eigenvalue weighted by atomic mass is 16.5. The predicted molar refractivity (Wildman–Crippen MR) is 55.4 cm³/mol. The first-order valence-electron chi connectivity index (χ1n) is 4.57. The van der Waals surface area contributed by atoms with Crippen LogP contribution in [0.4, 0.5) is 5.82 Å². The summed E-state index contributed by atoms with van der Waals surface area (Å²) in [4.78, 5) is 24.7. The molecule has 6 heteroatoms. The number of rotatable bonds is 3. The number of aromatic nitrogens is 2. The van der Waals surface area contributed by atoms with Crippen molar-refractivity contribution in [3.63, 3.8) is 0 Å². The molecular formula is C10H9N3O3. The van der Waals surface area contributed by atoms with Gasteiger partial charge in [-0.1, -0.05) is 5.16 Å². The molecular weight excluding hydrogens is 210 g/mol. The quantitative estimate of drug-likeness (QED) is 0.763. The Morgan fingerprint density at radius 1 is 1.56 bits per heavy atom. The molecule has 0 aliphatic carbocycles. The van der Waals surface area contributed by atoms with Gasteiger partial charge in [0.25, 0.3) is 5.91 Å². The molecule has 0 saturated carbocycles. The van der Waals surface area contributed by atoms with Crippen LogP contribution >= 0.6 is 0 Å². The molecule has 0 spiro atoms. The third-order valence-corrected chi connectivity index (χ3v) is 1.96. The zero-order valence-electron chi connectivity index (χ0n) is 8.48. The van der Waals surface area contributed by atoms with E-state index in [-0.39, 0.29) is 5.91 Å². The van der Waals surface area contributed by atoms with Crippen LogP contribution in [0.25, 0.3) is 0 Å². The molecule has 6 nitrogen and oxygen atoms in total. The maximum atomic E-state index is 11.6. The average Bonchev–Trinajstić information content (AvgIpc) is 2.87. The van der Waals surface area contributed by atoms with Crippen LogP contribution in [0.3, 0.4) is 0 Å². The van der Waals surface area contributed by atoms with Gasteiger partial charge in [0, 0.05) is 17.8 Å². The lowest BCUT2D eigenvalue weighted by Crippen LogP contribution is -2.12. The number of anilines is 1. The Balaban J connectivity index is 2.11. The van der Waals surface area contributed by atoms with Crippen molar-refractivity contribution in [2.45, 2.75) is 6.92 Å². The Morgan fingerprint density at radius 2 is 2.38 bits per heavy atom. The summed E-state index contributed by atoms with van der Waals surface area (Å²) < 4.78 is 4.80. The minimum Gasteiger partial charge on any atom is -0.360 e. The van der Waals surface area contributed by atoms with E-state index in [1.54, 1.807) is 13.0 Å². The van der Waals surface area contributed by atoms with Crippen LogP contribution in [0.15, 0.2) is 22.9 Å². The standard InChI is InChI=1S/C10H9N3O3/c1-6-2-9(13-16-6)12-10(15)8-3-7(5-14)4-11-8/h2-5,11H,1H3,(H,12,13,15). The topological polar surface area (TPSA) is 88.0 Å². The normalized spacial score (nSPS) is 10.1. The number of nitrogens with one attached hydrogen (secondary N) is 2. The fourth-order valence-corrected chi connectivity index (χ4v) is 1.22. The number of aldehydes is 1. The lowest BCUT2D eigenvalue weighted by atomic mass is 10.3. The van der Waals surface area contributed by atoms with E-state index < -0.39 is 0 Å². The van der Waals surface area contributed by atoms with Gasteiger partial charge in [-0.05, 0) is 13.0 Å². The van der Waals surface area contributed by atoms with Gasteiger partial charge in [-0.15, -0.1) is 0 Å². The number of aromatic amines is 1. The number of H-pyrrole nitrogens is 1. The van der Waals surface area contributed by atoms with E-state index in [0.29, 0.717) is 29.1 Å². The van der Waals surface area contributed by atoms with Crippen LogP contribution in [-0.4, -0.2) is 22.3 Å². The second-order valence-electron chi connectivity index (χ2n) is 3.24. The van der Waals surface area contributed by atoms with E-state index in [1.807, 2.05) is 0 Å². The molecule has 2 aromatic heterocycles. The zero-order chi connectivity index (χ0) is 11.5. The number of nitrogens with zero attached hydrogens (tertiary/aromatic N) is 1. The van der Waals surface area contributed by atoms with Gasteiger partial charge in [0.05, 0.1) is 0 Å². The van der Waals surface area contributed by atoms with E-state index in [4.69, 9.17) is 4.52 Å². The van der Waals surface area contributed by atoms with E-state index in [2.05, 4.69) is 15.5 Å². The molecule has 2 aromatic rings. The predicted octanol–water partition coefficient (Wildman–Crippen LogP) is 1.38. The molecule has 0 bridgehead atoms. The molecule has 16 heavy (non-hydrogen) atoms. The van der Waals surface area contributed by atoms with Crippen molar-refractivity contribution in [1.29, 1.82) is 0 Å². The number of hydrogen-bond donors (Lipinski definition) is 2. The van der Waals surface area contributed by atoms with Gasteiger partial charge in [0.15, 0.2) is 12.1 Å². The van der Waals surface area contributed by atoms with Crippen LogP contribution in [-0.2, 0) is 0 Å². The van der Waals surface area contributed by atoms with Crippen molar-refractivity contribution < 1.29 is 14.1 Å². The second-order valence-corrected chi connectivity index (χ2v) is 3.24. The number of carbonyl (C=O) groups is 2. The lowest BCUT2D eigenvalue weighted by molar-refractivity contribution is 0.102. The molecule has 0 aliphatic rings. The molecule has 2 rings (SSSR count). The van der Waals surface area contributed by atoms with Gasteiger partial charge in [0.2, 0.25) is 0 Å². The van der Waals surface area contributed by atoms with E-state index in [1.165, 1.54) is 12.3 Å². The number of aryl methyl sites for hydroxylation is 1. The molecule has 2 heterocycles. The first-order chi connectivity index (χ1) is 7.69. The van der Waals surface area contributed by atoms with Crippen LogP contribution in [0.5, 0.6) is 0 Å². The fourth-order valence-electron chi connectivity index (χ4n) is 1.22. The van der Waals surface area contributed by atoms with Gasteiger partial charge >= 0.3 is 0 Å². The molecule has 0 fully saturated rings. The molecule has 0 unspecified atom stereocenters. The minimum absolute atomic E-state index is 0.294. The highest BCUT2D eigenvalue weighted by molar-refractivity contribution is 6.03. The Bertz CT molecular complexity index is 527. The van der Waals surface area contributed by atoms with Crippen molar-refractivity contribution in [2.75, 3.05) is 5.32 Å². The van der Waals surface area contributed by atoms with Crippen LogP contribution in [0.1, 0.15) is 26.6 Å². The van der Waals surface area contributed by atoms with Gasteiger partial charge < -0.3 is 14.8 Å². The first kappa shape index (κ1) is 10.2. The molecule has 1 amide bonds. The summed E-state index contributed by atoms with van der Waals surface area (Å²) in [6.45, 7) is 1.72. The largest absolute Gasteiger partial charge is 0.360 e. The summed E-state index contributed by atoms with van der Waals surface area (Å²) in [6, 6.07) is 3.05. The van der Waals surface area contributed by atoms with Crippen LogP contribution in [0.2, 0.25) is 0 Å². The molecule has 0 saturated heterocycles. The molecule has 0 aromatic carbocycles. The maximum Gasteiger partial charge on any atom is 0.273 e. The Kier molecular flexibility index (Phi) is 2.55. The van der Waals surface area contributed by atoms with Crippen molar-refractivity contribution in [2.24, 2.45) is 0 Å². The summed E-state index contributed by atoms with van der Waals surface area (Å²) in [5.41, 5.74) is 0.712. The summed E-state index contributed by atoms with van der Waals surface area (Å²) in [7, 11) is 0. The van der Waals surface area contributed by atoms with Gasteiger partial charge in [0.1, 0.15) is 11.5 Å². The van der Waals surface area contributed by atoms with Gasteiger partial charge in [-0.2, -0.15) is 0 Å². The van der Waals surface area contributed by atoms with Crippen molar-refractivity contribution >= 4 is 18.0 Å². The number of amides is 1. The Morgan fingerprint density at radius 3 is 2.94 bits per heavy atom. The van der Waals surface area contributed by atoms with Crippen molar-refractivity contribution in [3.8, 4) is 0 Å². The third kappa shape index (κ3) is 2.00. The van der Waals surface area contributed by atoms with Crippen LogP contribution in [0, 0.1) is 6.92 Å². The maximum absolute atomic E-state index is 11.6. The third-order valence-electron chi connectivity index (χ3n) is 1.96. The summed E-state index contributed by atoms with van der Waals surface area (Å²) in [5.74, 6) is 0.571.